The molecule has 0 aromatic heterocycles. The lowest BCUT2D eigenvalue weighted by Crippen LogP contribution is -2.44. The largest absolute Gasteiger partial charge is 0.385 e. The van der Waals surface area contributed by atoms with Gasteiger partial charge in [0.25, 0.3) is 0 Å². The van der Waals surface area contributed by atoms with Crippen molar-refractivity contribution in [3.8, 4) is 0 Å². The number of aliphatic imine (C=N–C) groups is 1. The quantitative estimate of drug-likeness (QED) is 0.567. The first kappa shape index (κ1) is 18.8. The third-order valence-corrected chi connectivity index (χ3v) is 5.30. The van der Waals surface area contributed by atoms with Gasteiger partial charge < -0.3 is 15.4 Å². The summed E-state index contributed by atoms with van der Waals surface area (Å²) < 4.78 is 5.31. The number of hydrogen-bond donors (Lipinski definition) is 2. The molecule has 0 atom stereocenters. The van der Waals surface area contributed by atoms with Crippen LogP contribution in [0.5, 0.6) is 0 Å². The summed E-state index contributed by atoms with van der Waals surface area (Å²) in [5.74, 6) is 0.910. The van der Waals surface area contributed by atoms with Crippen molar-refractivity contribution in [1.82, 2.24) is 10.6 Å². The molecule has 2 rings (SSSR count). The molecule has 0 aliphatic heterocycles. The molecule has 2 N–H and O–H groups in total. The second-order valence-corrected chi connectivity index (χ2v) is 6.98. The van der Waals surface area contributed by atoms with Gasteiger partial charge in [0.05, 0.1) is 0 Å². The number of hydrogen-bond acceptors (Lipinski definition) is 2. The Morgan fingerprint density at radius 3 is 2.62 bits per heavy atom. The molecule has 1 aliphatic rings. The second kappa shape index (κ2) is 9.67. The first-order chi connectivity index (χ1) is 11.7. The molecule has 0 saturated heterocycles. The molecule has 134 valence electrons. The first-order valence-electron chi connectivity index (χ1n) is 9.17. The van der Waals surface area contributed by atoms with Gasteiger partial charge in [0.1, 0.15) is 0 Å². The number of nitrogens with zero attached hydrogens (tertiary/aromatic N) is 1. The van der Waals surface area contributed by atoms with Crippen molar-refractivity contribution in [1.29, 1.82) is 0 Å². The molecule has 0 radical (unpaired) electrons. The number of rotatable bonds is 8. The molecule has 1 saturated carbocycles. The Hall–Kier alpha value is -1.55. The number of guanidine groups is 1. The van der Waals surface area contributed by atoms with Gasteiger partial charge in [0.2, 0.25) is 0 Å². The van der Waals surface area contributed by atoms with Gasteiger partial charge in [0.15, 0.2) is 5.96 Å². The minimum Gasteiger partial charge on any atom is -0.385 e. The Morgan fingerprint density at radius 1 is 1.21 bits per heavy atom. The van der Waals surface area contributed by atoms with Crippen LogP contribution in [-0.2, 0) is 11.2 Å². The number of nitrogens with one attached hydrogen (secondary N) is 2. The van der Waals surface area contributed by atoms with Crippen molar-refractivity contribution in [2.24, 2.45) is 10.4 Å². The summed E-state index contributed by atoms with van der Waals surface area (Å²) in [7, 11) is 3.64. The van der Waals surface area contributed by atoms with Gasteiger partial charge in [-0.05, 0) is 49.1 Å². The molecular weight excluding hydrogens is 298 g/mol. The zero-order valence-electron chi connectivity index (χ0n) is 15.5. The average molecular weight is 332 g/mol. The van der Waals surface area contributed by atoms with Gasteiger partial charge >= 0.3 is 0 Å². The summed E-state index contributed by atoms with van der Waals surface area (Å²) in [6.45, 7) is 4.90. The topological polar surface area (TPSA) is 45.7 Å². The number of benzene rings is 1. The van der Waals surface area contributed by atoms with E-state index < -0.39 is 0 Å². The third kappa shape index (κ3) is 5.52. The van der Waals surface area contributed by atoms with Crippen LogP contribution in [0.2, 0.25) is 0 Å². The number of aryl methyl sites for hydroxylation is 1. The number of methoxy groups -OCH3 is 1. The Labute approximate surface area is 147 Å². The summed E-state index contributed by atoms with van der Waals surface area (Å²) in [6.07, 6.45) is 7.42. The number of ether oxygens (including phenoxy) is 1. The minimum absolute atomic E-state index is 0.379. The first-order valence-corrected chi connectivity index (χ1v) is 9.17. The van der Waals surface area contributed by atoms with E-state index in [0.29, 0.717) is 5.41 Å². The van der Waals surface area contributed by atoms with Gasteiger partial charge in [-0.2, -0.15) is 0 Å². The van der Waals surface area contributed by atoms with Crippen LogP contribution in [0.4, 0.5) is 0 Å². The molecule has 1 aliphatic carbocycles. The smallest absolute Gasteiger partial charge is 0.191 e. The molecule has 0 amide bonds. The van der Waals surface area contributed by atoms with Crippen molar-refractivity contribution in [3.05, 3.63) is 35.4 Å². The van der Waals surface area contributed by atoms with Crippen LogP contribution in [0.3, 0.4) is 0 Å². The normalized spacial score (nSPS) is 17.0. The van der Waals surface area contributed by atoms with Crippen LogP contribution in [0.25, 0.3) is 0 Å². The fourth-order valence-electron chi connectivity index (χ4n) is 3.66. The summed E-state index contributed by atoms with van der Waals surface area (Å²) >= 11 is 0. The van der Waals surface area contributed by atoms with Gasteiger partial charge in [-0.25, -0.2) is 0 Å². The zero-order valence-corrected chi connectivity index (χ0v) is 15.5. The minimum atomic E-state index is 0.379. The molecule has 24 heavy (non-hydrogen) atoms. The van der Waals surface area contributed by atoms with E-state index in [9.17, 15) is 0 Å². The second-order valence-electron chi connectivity index (χ2n) is 6.98. The van der Waals surface area contributed by atoms with E-state index in [1.165, 1.54) is 36.8 Å². The summed E-state index contributed by atoms with van der Waals surface area (Å²) in [6, 6.07) is 8.57. The molecule has 4 heteroatoms. The lowest BCUT2D eigenvalue weighted by molar-refractivity contribution is 0.138. The fraction of sp³-hybridized carbons (Fsp3) is 0.650. The van der Waals surface area contributed by atoms with E-state index in [0.717, 1.165) is 38.5 Å². The predicted molar refractivity (Wildman–Crippen MR) is 102 cm³/mol. The Bertz CT molecular complexity index is 521. The van der Waals surface area contributed by atoms with E-state index in [-0.39, 0.29) is 0 Å². The summed E-state index contributed by atoms with van der Waals surface area (Å²) in [4.78, 5) is 4.38. The fourth-order valence-corrected chi connectivity index (χ4v) is 3.66. The molecular formula is C20H33N3O. The van der Waals surface area contributed by atoms with Gasteiger partial charge in [0, 0.05) is 33.9 Å². The molecule has 0 unspecified atom stereocenters. The third-order valence-electron chi connectivity index (χ3n) is 5.30. The molecule has 0 bridgehead atoms. The molecule has 4 nitrogen and oxygen atoms in total. The van der Waals surface area contributed by atoms with Crippen LogP contribution < -0.4 is 10.6 Å². The zero-order chi connectivity index (χ0) is 17.3. The molecule has 1 aromatic carbocycles. The summed E-state index contributed by atoms with van der Waals surface area (Å²) in [5.41, 5.74) is 3.13. The van der Waals surface area contributed by atoms with Crippen LogP contribution in [-0.4, -0.2) is 39.8 Å². The average Bonchev–Trinajstić information content (AvgIpc) is 3.07. The van der Waals surface area contributed by atoms with Crippen molar-refractivity contribution < 1.29 is 4.74 Å². The molecule has 1 fully saturated rings. The van der Waals surface area contributed by atoms with Crippen molar-refractivity contribution >= 4 is 5.96 Å². The van der Waals surface area contributed by atoms with E-state index in [2.05, 4.69) is 46.8 Å². The maximum atomic E-state index is 5.31. The predicted octanol–water partition coefficient (Wildman–Crippen LogP) is 3.30. The lowest BCUT2D eigenvalue weighted by Gasteiger charge is -2.30. The van der Waals surface area contributed by atoms with Crippen molar-refractivity contribution in [2.45, 2.75) is 45.4 Å². The van der Waals surface area contributed by atoms with Crippen molar-refractivity contribution in [2.75, 3.05) is 33.9 Å². The van der Waals surface area contributed by atoms with Crippen LogP contribution in [0, 0.1) is 12.3 Å². The van der Waals surface area contributed by atoms with Crippen molar-refractivity contribution in [3.63, 3.8) is 0 Å². The standard InChI is InChI=1S/C20H33N3O/c1-17-8-4-5-9-18(17)10-14-22-19(21-2)23-16-20(13-15-24-3)11-6-7-12-20/h4-5,8-9H,6-7,10-16H2,1-3H3,(H2,21,22,23). The monoisotopic (exact) mass is 331 g/mol. The highest BCUT2D eigenvalue weighted by Crippen LogP contribution is 2.40. The van der Waals surface area contributed by atoms with Gasteiger partial charge in [-0.1, -0.05) is 37.1 Å². The van der Waals surface area contributed by atoms with Gasteiger partial charge in [-0.3, -0.25) is 4.99 Å². The molecule has 1 aromatic rings. The van der Waals surface area contributed by atoms with Gasteiger partial charge in [-0.15, -0.1) is 0 Å². The summed E-state index contributed by atoms with van der Waals surface area (Å²) in [5, 5.41) is 7.00. The van der Waals surface area contributed by atoms with Crippen LogP contribution in [0.1, 0.15) is 43.2 Å². The van der Waals surface area contributed by atoms with E-state index in [4.69, 9.17) is 4.74 Å². The molecule has 0 heterocycles. The Balaban J connectivity index is 1.78. The highest BCUT2D eigenvalue weighted by atomic mass is 16.5. The Morgan fingerprint density at radius 2 is 1.96 bits per heavy atom. The maximum Gasteiger partial charge on any atom is 0.191 e. The lowest BCUT2D eigenvalue weighted by atomic mass is 9.83. The van der Waals surface area contributed by atoms with E-state index in [1.807, 2.05) is 7.05 Å². The maximum absolute atomic E-state index is 5.31. The van der Waals surface area contributed by atoms with Crippen LogP contribution >= 0.6 is 0 Å². The van der Waals surface area contributed by atoms with Crippen LogP contribution in [0.15, 0.2) is 29.3 Å². The van der Waals surface area contributed by atoms with E-state index >= 15 is 0 Å². The van der Waals surface area contributed by atoms with E-state index in [1.54, 1.807) is 7.11 Å². The highest BCUT2D eigenvalue weighted by molar-refractivity contribution is 5.79. The molecule has 0 spiro atoms. The Kier molecular flexibility index (Phi) is 7.57. The SMILES string of the molecule is CN=C(NCCc1ccccc1C)NCC1(CCOC)CCCC1. The highest BCUT2D eigenvalue weighted by Gasteiger charge is 2.33.